The number of nitrogens with zero attached hydrogens (tertiary/aromatic N) is 2. The lowest BCUT2D eigenvalue weighted by atomic mass is 10.3. The first-order valence-electron chi connectivity index (χ1n) is 9.82. The zero-order valence-electron chi connectivity index (χ0n) is 17.2. The van der Waals surface area contributed by atoms with Crippen molar-refractivity contribution in [2.45, 2.75) is 18.7 Å². The molecule has 162 valence electrons. The maximum atomic E-state index is 12.8. The Hall–Kier alpha value is -3.53. The summed E-state index contributed by atoms with van der Waals surface area (Å²) >= 11 is 0. The van der Waals surface area contributed by atoms with E-state index in [0.717, 1.165) is 17.9 Å². The Morgan fingerprint density at radius 2 is 1.65 bits per heavy atom. The fraction of sp³-hybridized carbons (Fsp3) is 0.238. The molecule has 0 unspecified atom stereocenters. The number of aromatic nitrogens is 2. The van der Waals surface area contributed by atoms with Gasteiger partial charge in [0.15, 0.2) is 11.5 Å². The van der Waals surface area contributed by atoms with Gasteiger partial charge in [-0.2, -0.15) is 4.98 Å². The van der Waals surface area contributed by atoms with Crippen LogP contribution >= 0.6 is 0 Å². The molecule has 3 N–H and O–H groups in total. The number of fused-ring (bicyclic) bond motifs is 1. The highest BCUT2D eigenvalue weighted by molar-refractivity contribution is 7.92. The fourth-order valence-electron chi connectivity index (χ4n) is 3.04. The quantitative estimate of drug-likeness (QED) is 0.510. The van der Waals surface area contributed by atoms with E-state index in [9.17, 15) is 8.42 Å². The Bertz CT molecular complexity index is 1180. The van der Waals surface area contributed by atoms with Crippen molar-refractivity contribution in [3.63, 3.8) is 0 Å². The maximum Gasteiger partial charge on any atom is 0.262 e. The standard InChI is InChI=1S/C21H23N5O4S/c1-3-22-21-23-14(2)12-20(25-21)24-15-4-6-16(7-5-15)26-31(27,28)17-8-9-18-19(13-17)30-11-10-29-18/h4-9,12-13,26H,3,10-11H2,1-2H3,(H2,22,23,24,25). The summed E-state index contributed by atoms with van der Waals surface area (Å²) in [6.07, 6.45) is 0. The van der Waals surface area contributed by atoms with Gasteiger partial charge in [-0.15, -0.1) is 0 Å². The molecule has 0 bridgehead atoms. The van der Waals surface area contributed by atoms with Crippen molar-refractivity contribution in [1.29, 1.82) is 0 Å². The summed E-state index contributed by atoms with van der Waals surface area (Å²) in [6, 6.07) is 13.3. The summed E-state index contributed by atoms with van der Waals surface area (Å²) in [5.41, 5.74) is 2.03. The highest BCUT2D eigenvalue weighted by Gasteiger charge is 2.19. The Labute approximate surface area is 180 Å². The number of rotatable bonds is 7. The van der Waals surface area contributed by atoms with Crippen LogP contribution < -0.4 is 24.8 Å². The second kappa shape index (κ2) is 8.68. The average molecular weight is 442 g/mol. The molecule has 0 amide bonds. The second-order valence-electron chi connectivity index (χ2n) is 6.86. The van der Waals surface area contributed by atoms with Gasteiger partial charge in [-0.05, 0) is 50.2 Å². The van der Waals surface area contributed by atoms with Crippen LogP contribution in [0.2, 0.25) is 0 Å². The third kappa shape index (κ3) is 4.97. The monoisotopic (exact) mass is 441 g/mol. The molecule has 2 heterocycles. The van der Waals surface area contributed by atoms with Crippen molar-refractivity contribution < 1.29 is 17.9 Å². The number of sulfonamides is 1. The van der Waals surface area contributed by atoms with Crippen molar-refractivity contribution in [2.24, 2.45) is 0 Å². The number of aryl methyl sites for hydroxylation is 1. The Morgan fingerprint density at radius 1 is 0.935 bits per heavy atom. The van der Waals surface area contributed by atoms with Gasteiger partial charge in [0.25, 0.3) is 10.0 Å². The van der Waals surface area contributed by atoms with E-state index in [1.54, 1.807) is 30.3 Å². The summed E-state index contributed by atoms with van der Waals surface area (Å²) in [5.74, 6) is 2.16. The molecule has 31 heavy (non-hydrogen) atoms. The Balaban J connectivity index is 1.47. The number of nitrogens with one attached hydrogen (secondary N) is 3. The van der Waals surface area contributed by atoms with Gasteiger partial charge < -0.3 is 20.1 Å². The van der Waals surface area contributed by atoms with Crippen LogP contribution in [0.15, 0.2) is 53.4 Å². The van der Waals surface area contributed by atoms with E-state index >= 15 is 0 Å². The molecule has 0 aliphatic carbocycles. The zero-order chi connectivity index (χ0) is 21.8. The van der Waals surface area contributed by atoms with Crippen LogP contribution in [-0.4, -0.2) is 38.1 Å². The molecule has 9 nitrogen and oxygen atoms in total. The van der Waals surface area contributed by atoms with Crippen molar-refractivity contribution in [3.05, 3.63) is 54.2 Å². The first-order chi connectivity index (χ1) is 14.9. The van der Waals surface area contributed by atoms with E-state index in [4.69, 9.17) is 9.47 Å². The highest BCUT2D eigenvalue weighted by Crippen LogP contribution is 2.32. The number of anilines is 4. The number of benzene rings is 2. The average Bonchev–Trinajstić information content (AvgIpc) is 2.74. The highest BCUT2D eigenvalue weighted by atomic mass is 32.2. The van der Waals surface area contributed by atoms with Crippen LogP contribution in [0, 0.1) is 6.92 Å². The van der Waals surface area contributed by atoms with Gasteiger partial charge in [0.2, 0.25) is 5.95 Å². The van der Waals surface area contributed by atoms with Gasteiger partial charge in [-0.3, -0.25) is 4.72 Å². The topological polar surface area (TPSA) is 114 Å². The van der Waals surface area contributed by atoms with E-state index in [1.807, 2.05) is 19.9 Å². The fourth-order valence-corrected chi connectivity index (χ4v) is 4.12. The van der Waals surface area contributed by atoms with Crippen LogP contribution in [0.4, 0.5) is 23.1 Å². The van der Waals surface area contributed by atoms with Crippen molar-refractivity contribution in [2.75, 3.05) is 35.1 Å². The largest absolute Gasteiger partial charge is 0.486 e. The van der Waals surface area contributed by atoms with Crippen molar-refractivity contribution >= 4 is 33.2 Å². The molecule has 1 aromatic heterocycles. The summed E-state index contributed by atoms with van der Waals surface area (Å²) in [4.78, 5) is 8.83. The van der Waals surface area contributed by atoms with Gasteiger partial charge in [0.05, 0.1) is 4.90 Å². The molecule has 3 aromatic rings. The first kappa shape index (κ1) is 20.7. The van der Waals surface area contributed by atoms with Crippen LogP contribution in [0.1, 0.15) is 12.6 Å². The van der Waals surface area contributed by atoms with E-state index < -0.39 is 10.0 Å². The van der Waals surface area contributed by atoms with Gasteiger partial charge in [-0.1, -0.05) is 0 Å². The lowest BCUT2D eigenvalue weighted by Gasteiger charge is -2.19. The minimum absolute atomic E-state index is 0.103. The third-order valence-corrected chi connectivity index (χ3v) is 5.80. The Morgan fingerprint density at radius 3 is 2.39 bits per heavy atom. The maximum absolute atomic E-state index is 12.8. The molecule has 10 heteroatoms. The van der Waals surface area contributed by atoms with E-state index in [0.29, 0.717) is 42.2 Å². The molecule has 1 aliphatic heterocycles. The smallest absolute Gasteiger partial charge is 0.262 e. The first-order valence-corrected chi connectivity index (χ1v) is 11.3. The molecule has 0 saturated heterocycles. The van der Waals surface area contributed by atoms with Crippen molar-refractivity contribution in [1.82, 2.24) is 9.97 Å². The zero-order valence-corrected chi connectivity index (χ0v) is 18.0. The molecule has 2 aromatic carbocycles. The van der Waals surface area contributed by atoms with Crippen LogP contribution in [0.3, 0.4) is 0 Å². The van der Waals surface area contributed by atoms with Crippen LogP contribution in [-0.2, 0) is 10.0 Å². The van der Waals surface area contributed by atoms with Crippen molar-refractivity contribution in [3.8, 4) is 11.5 Å². The van der Waals surface area contributed by atoms with E-state index in [1.165, 1.54) is 12.1 Å². The lowest BCUT2D eigenvalue weighted by molar-refractivity contribution is 0.171. The summed E-state index contributed by atoms with van der Waals surface area (Å²) < 4.78 is 39.0. The molecule has 0 spiro atoms. The molecule has 1 aliphatic rings. The Kier molecular flexibility index (Phi) is 5.81. The minimum Gasteiger partial charge on any atom is -0.486 e. The van der Waals surface area contributed by atoms with Gasteiger partial charge in [0, 0.05) is 35.7 Å². The third-order valence-electron chi connectivity index (χ3n) is 4.42. The normalized spacial score (nSPS) is 12.8. The molecular formula is C21H23N5O4S. The number of hydrogen-bond acceptors (Lipinski definition) is 8. The lowest BCUT2D eigenvalue weighted by Crippen LogP contribution is -2.17. The summed E-state index contributed by atoms with van der Waals surface area (Å²) in [7, 11) is -3.77. The predicted octanol–water partition coefficient (Wildman–Crippen LogP) is 3.53. The molecule has 4 rings (SSSR count). The van der Waals surface area contributed by atoms with Gasteiger partial charge >= 0.3 is 0 Å². The number of ether oxygens (including phenoxy) is 2. The molecule has 0 atom stereocenters. The molecule has 0 fully saturated rings. The van der Waals surface area contributed by atoms with Crippen LogP contribution in [0.5, 0.6) is 11.5 Å². The molecule has 0 radical (unpaired) electrons. The van der Waals surface area contributed by atoms with E-state index in [-0.39, 0.29) is 4.90 Å². The predicted molar refractivity (Wildman–Crippen MR) is 119 cm³/mol. The minimum atomic E-state index is -3.77. The second-order valence-corrected chi connectivity index (χ2v) is 8.54. The van der Waals surface area contributed by atoms with E-state index in [2.05, 4.69) is 25.3 Å². The molecule has 0 saturated carbocycles. The van der Waals surface area contributed by atoms with Crippen LogP contribution in [0.25, 0.3) is 0 Å². The molecular weight excluding hydrogens is 418 g/mol. The van der Waals surface area contributed by atoms with Gasteiger partial charge in [0.1, 0.15) is 19.0 Å². The summed E-state index contributed by atoms with van der Waals surface area (Å²) in [5, 5.41) is 6.29. The van der Waals surface area contributed by atoms with Gasteiger partial charge in [-0.25, -0.2) is 13.4 Å². The number of hydrogen-bond donors (Lipinski definition) is 3. The summed E-state index contributed by atoms with van der Waals surface area (Å²) in [6.45, 7) is 5.43. The SMILES string of the molecule is CCNc1nc(C)cc(Nc2ccc(NS(=O)(=O)c3ccc4c(c3)OCCO4)cc2)n1.